The van der Waals surface area contributed by atoms with Gasteiger partial charge in [-0.1, -0.05) is 13.8 Å². The van der Waals surface area contributed by atoms with E-state index >= 15 is 0 Å². The minimum absolute atomic E-state index is 0.126. The molecule has 1 unspecified atom stereocenters. The van der Waals surface area contributed by atoms with Crippen LogP contribution in [-0.4, -0.2) is 67.6 Å². The Morgan fingerprint density at radius 3 is 2.65 bits per heavy atom. The van der Waals surface area contributed by atoms with Crippen LogP contribution in [0.4, 0.5) is 0 Å². The van der Waals surface area contributed by atoms with E-state index in [2.05, 4.69) is 5.32 Å². The van der Waals surface area contributed by atoms with Gasteiger partial charge in [0.2, 0.25) is 10.0 Å². The lowest BCUT2D eigenvalue weighted by molar-refractivity contribution is -0.131. The Morgan fingerprint density at radius 1 is 1.45 bits per heavy atom. The molecule has 0 radical (unpaired) electrons. The molecule has 0 saturated carbocycles. The molecule has 0 aliphatic carbocycles. The van der Waals surface area contributed by atoms with E-state index in [-0.39, 0.29) is 18.9 Å². The first-order valence-corrected chi connectivity index (χ1v) is 8.77. The van der Waals surface area contributed by atoms with Gasteiger partial charge in [0.25, 0.3) is 0 Å². The van der Waals surface area contributed by atoms with Gasteiger partial charge in [0.05, 0.1) is 24.1 Å². The van der Waals surface area contributed by atoms with E-state index in [1.165, 1.54) is 4.31 Å². The van der Waals surface area contributed by atoms with Crippen LogP contribution in [0.1, 0.15) is 34.1 Å². The molecule has 1 heterocycles. The Morgan fingerprint density at radius 2 is 2.10 bits per heavy atom. The third-order valence-corrected chi connectivity index (χ3v) is 5.05. The Bertz CT molecular complexity index is 395. The van der Waals surface area contributed by atoms with Crippen molar-refractivity contribution >= 4 is 10.0 Å². The van der Waals surface area contributed by atoms with Crippen LogP contribution in [0.2, 0.25) is 0 Å². The van der Waals surface area contributed by atoms with Gasteiger partial charge in [-0.15, -0.1) is 0 Å². The number of nitrogens with zero attached hydrogens (tertiary/aromatic N) is 1. The summed E-state index contributed by atoms with van der Waals surface area (Å²) in [5.74, 6) is 0.126. The highest BCUT2D eigenvalue weighted by molar-refractivity contribution is 7.89. The number of aliphatic hydroxyl groups is 1. The molecule has 1 fully saturated rings. The Hall–Kier alpha value is -0.210. The molecule has 0 aromatic carbocycles. The molecule has 0 amide bonds. The minimum Gasteiger partial charge on any atom is -0.394 e. The zero-order chi connectivity index (χ0) is 15.4. The first kappa shape index (κ1) is 17.8. The standard InChI is InChI=1S/C13H28N2O4S/c1-11(2)14-6-5-7-20(17,18)15-8-12(9-16)19-13(3,4)10-15/h11-12,14,16H,5-10H2,1-4H3. The third-order valence-electron chi connectivity index (χ3n) is 3.18. The fourth-order valence-corrected chi connectivity index (χ4v) is 3.99. The van der Waals surface area contributed by atoms with Crippen LogP contribution in [0.15, 0.2) is 0 Å². The number of rotatable bonds is 7. The number of sulfonamides is 1. The molecule has 1 atom stereocenters. The largest absolute Gasteiger partial charge is 0.394 e. The molecule has 20 heavy (non-hydrogen) atoms. The lowest BCUT2D eigenvalue weighted by Gasteiger charge is -2.41. The number of ether oxygens (including phenoxy) is 1. The summed E-state index contributed by atoms with van der Waals surface area (Å²) in [7, 11) is -3.29. The molecule has 0 spiro atoms. The average Bonchev–Trinajstić information content (AvgIpc) is 2.32. The van der Waals surface area contributed by atoms with Crippen molar-refractivity contribution in [2.24, 2.45) is 0 Å². The molecular weight excluding hydrogens is 280 g/mol. The zero-order valence-electron chi connectivity index (χ0n) is 12.9. The summed E-state index contributed by atoms with van der Waals surface area (Å²) in [6.07, 6.45) is 0.143. The number of hydrogen-bond acceptors (Lipinski definition) is 5. The average molecular weight is 308 g/mol. The van der Waals surface area contributed by atoms with Crippen LogP contribution in [0.5, 0.6) is 0 Å². The first-order chi connectivity index (χ1) is 9.16. The number of hydrogen-bond donors (Lipinski definition) is 2. The Balaban J connectivity index is 2.57. The maximum absolute atomic E-state index is 12.3. The van der Waals surface area contributed by atoms with E-state index in [4.69, 9.17) is 4.74 Å². The normalized spacial score (nSPS) is 24.2. The summed E-state index contributed by atoms with van der Waals surface area (Å²) in [4.78, 5) is 0. The van der Waals surface area contributed by atoms with Gasteiger partial charge in [0, 0.05) is 19.1 Å². The van der Waals surface area contributed by atoms with Crippen molar-refractivity contribution in [3.8, 4) is 0 Å². The predicted octanol–water partition coefficient (Wildman–Crippen LogP) is 0.176. The van der Waals surface area contributed by atoms with Crippen molar-refractivity contribution in [1.29, 1.82) is 0 Å². The first-order valence-electron chi connectivity index (χ1n) is 7.16. The van der Waals surface area contributed by atoms with Crippen LogP contribution in [0.25, 0.3) is 0 Å². The Kier molecular flexibility index (Phi) is 6.40. The molecule has 120 valence electrons. The Labute approximate surface area is 122 Å². The fraction of sp³-hybridized carbons (Fsp3) is 1.00. The topological polar surface area (TPSA) is 78.9 Å². The van der Waals surface area contributed by atoms with E-state index in [1.807, 2.05) is 27.7 Å². The van der Waals surface area contributed by atoms with Gasteiger partial charge in [-0.25, -0.2) is 8.42 Å². The molecule has 0 aromatic heterocycles. The molecule has 7 heteroatoms. The van der Waals surface area contributed by atoms with Crippen LogP contribution < -0.4 is 5.32 Å². The molecule has 1 saturated heterocycles. The smallest absolute Gasteiger partial charge is 0.214 e. The van der Waals surface area contributed by atoms with Gasteiger partial charge in [0.1, 0.15) is 0 Å². The van der Waals surface area contributed by atoms with Gasteiger partial charge < -0.3 is 15.2 Å². The molecule has 1 aliphatic heterocycles. The molecule has 6 nitrogen and oxygen atoms in total. The number of morpholine rings is 1. The molecule has 2 N–H and O–H groups in total. The highest BCUT2D eigenvalue weighted by atomic mass is 32.2. The van der Waals surface area contributed by atoms with Crippen molar-refractivity contribution in [3.63, 3.8) is 0 Å². The summed E-state index contributed by atoms with van der Waals surface area (Å²) in [6.45, 7) is 8.85. The van der Waals surface area contributed by atoms with Crippen molar-refractivity contribution in [1.82, 2.24) is 9.62 Å². The number of nitrogens with one attached hydrogen (secondary N) is 1. The van der Waals surface area contributed by atoms with Crippen LogP contribution in [0, 0.1) is 0 Å². The van der Waals surface area contributed by atoms with E-state index in [1.54, 1.807) is 0 Å². The van der Waals surface area contributed by atoms with E-state index in [0.717, 1.165) is 0 Å². The third kappa shape index (κ3) is 5.65. The van der Waals surface area contributed by atoms with Crippen LogP contribution in [0.3, 0.4) is 0 Å². The second-order valence-corrected chi connectivity index (χ2v) is 8.34. The zero-order valence-corrected chi connectivity index (χ0v) is 13.7. The molecular formula is C13H28N2O4S. The molecule has 0 bridgehead atoms. The van der Waals surface area contributed by atoms with Gasteiger partial charge in [-0.3, -0.25) is 0 Å². The fourth-order valence-electron chi connectivity index (χ4n) is 2.32. The summed E-state index contributed by atoms with van der Waals surface area (Å²) in [5, 5.41) is 12.4. The lowest BCUT2D eigenvalue weighted by atomic mass is 10.1. The predicted molar refractivity (Wildman–Crippen MR) is 79.2 cm³/mol. The van der Waals surface area contributed by atoms with Gasteiger partial charge in [-0.05, 0) is 26.8 Å². The van der Waals surface area contributed by atoms with Gasteiger partial charge in [0.15, 0.2) is 0 Å². The maximum atomic E-state index is 12.3. The van der Waals surface area contributed by atoms with Gasteiger partial charge in [-0.2, -0.15) is 4.31 Å². The van der Waals surface area contributed by atoms with Crippen molar-refractivity contribution in [2.45, 2.75) is 51.9 Å². The monoisotopic (exact) mass is 308 g/mol. The summed E-state index contributed by atoms with van der Waals surface area (Å²) >= 11 is 0. The van der Waals surface area contributed by atoms with Gasteiger partial charge >= 0.3 is 0 Å². The van der Waals surface area contributed by atoms with E-state index in [9.17, 15) is 13.5 Å². The quantitative estimate of drug-likeness (QED) is 0.656. The summed E-state index contributed by atoms with van der Waals surface area (Å²) in [5.41, 5.74) is -0.561. The maximum Gasteiger partial charge on any atom is 0.214 e. The summed E-state index contributed by atoms with van der Waals surface area (Å²) in [6, 6.07) is 0.360. The van der Waals surface area contributed by atoms with Crippen molar-refractivity contribution < 1.29 is 18.3 Å². The van der Waals surface area contributed by atoms with E-state index < -0.39 is 21.7 Å². The second-order valence-electron chi connectivity index (χ2n) is 6.25. The van der Waals surface area contributed by atoms with Crippen molar-refractivity contribution in [3.05, 3.63) is 0 Å². The molecule has 1 rings (SSSR count). The molecule has 1 aliphatic rings. The van der Waals surface area contributed by atoms with Crippen molar-refractivity contribution in [2.75, 3.05) is 32.0 Å². The highest BCUT2D eigenvalue weighted by Gasteiger charge is 2.38. The highest BCUT2D eigenvalue weighted by Crippen LogP contribution is 2.23. The number of aliphatic hydroxyl groups excluding tert-OH is 1. The van der Waals surface area contributed by atoms with Crippen LogP contribution in [-0.2, 0) is 14.8 Å². The lowest BCUT2D eigenvalue weighted by Crippen LogP contribution is -2.56. The SMILES string of the molecule is CC(C)NCCCS(=O)(=O)N1CC(CO)OC(C)(C)C1. The summed E-state index contributed by atoms with van der Waals surface area (Å²) < 4.78 is 31.8. The van der Waals surface area contributed by atoms with Crippen LogP contribution >= 0.6 is 0 Å². The van der Waals surface area contributed by atoms with E-state index in [0.29, 0.717) is 25.6 Å². The second kappa shape index (κ2) is 7.17. The minimum atomic E-state index is -3.29. The molecule has 0 aromatic rings.